The highest BCUT2D eigenvalue weighted by molar-refractivity contribution is 5.92. The number of H-pyrrole nitrogens is 1. The van der Waals surface area contributed by atoms with E-state index in [0.717, 1.165) is 49.4 Å². The summed E-state index contributed by atoms with van der Waals surface area (Å²) in [6.07, 6.45) is 3.52. The first kappa shape index (κ1) is 20.1. The fraction of sp³-hybridized carbons (Fsp3) is 0.375. The molecular formula is C24H24F3N3O. The van der Waals surface area contributed by atoms with Gasteiger partial charge >= 0.3 is 0 Å². The highest BCUT2D eigenvalue weighted by Crippen LogP contribution is 2.48. The minimum atomic E-state index is -0.642. The molecule has 1 saturated heterocycles. The van der Waals surface area contributed by atoms with Gasteiger partial charge in [0.25, 0.3) is 0 Å². The summed E-state index contributed by atoms with van der Waals surface area (Å²) in [5.41, 5.74) is 2.55. The summed E-state index contributed by atoms with van der Waals surface area (Å²) in [5, 5.41) is 6.75. The SMILES string of the molecule is O=C(NCC1CC(c2c(-c3ccc(F)cc3)[nH]c3c(F)cc(F)cc23)C1)[C@@H]1CCCN1. The quantitative estimate of drug-likeness (QED) is 0.557. The molecule has 2 heterocycles. The Bertz CT molecular complexity index is 1110. The number of aromatic nitrogens is 1. The Hall–Kier alpha value is -2.80. The second-order valence-corrected chi connectivity index (χ2v) is 8.66. The molecule has 0 unspecified atom stereocenters. The predicted molar refractivity (Wildman–Crippen MR) is 113 cm³/mol. The maximum Gasteiger partial charge on any atom is 0.237 e. The third-order valence-corrected chi connectivity index (χ3v) is 6.58. The molecule has 3 N–H and O–H groups in total. The smallest absolute Gasteiger partial charge is 0.237 e. The molecule has 1 amide bonds. The molecule has 162 valence electrons. The van der Waals surface area contributed by atoms with Crippen LogP contribution >= 0.6 is 0 Å². The predicted octanol–water partition coefficient (Wildman–Crippen LogP) is 4.61. The van der Waals surface area contributed by atoms with E-state index in [9.17, 15) is 18.0 Å². The number of nitrogens with one attached hydrogen (secondary N) is 3. The van der Waals surface area contributed by atoms with Crippen molar-refractivity contribution in [3.63, 3.8) is 0 Å². The zero-order chi connectivity index (χ0) is 21.5. The maximum atomic E-state index is 14.5. The number of fused-ring (bicyclic) bond motifs is 1. The molecule has 1 aliphatic heterocycles. The van der Waals surface area contributed by atoms with E-state index in [4.69, 9.17) is 0 Å². The summed E-state index contributed by atoms with van der Waals surface area (Å²) < 4.78 is 41.9. The van der Waals surface area contributed by atoms with Gasteiger partial charge in [-0.3, -0.25) is 4.79 Å². The van der Waals surface area contributed by atoms with Gasteiger partial charge in [-0.05, 0) is 85.5 Å². The molecule has 31 heavy (non-hydrogen) atoms. The van der Waals surface area contributed by atoms with Crippen molar-refractivity contribution in [2.45, 2.75) is 37.6 Å². The molecule has 2 aromatic carbocycles. The first-order valence-electron chi connectivity index (χ1n) is 10.8. The van der Waals surface area contributed by atoms with Crippen LogP contribution in [0.25, 0.3) is 22.2 Å². The number of aromatic amines is 1. The van der Waals surface area contributed by atoms with E-state index in [0.29, 0.717) is 23.5 Å². The molecule has 0 bridgehead atoms. The zero-order valence-electron chi connectivity index (χ0n) is 17.0. The van der Waals surface area contributed by atoms with Gasteiger partial charge in [0.2, 0.25) is 5.91 Å². The lowest BCUT2D eigenvalue weighted by atomic mass is 9.70. The summed E-state index contributed by atoms with van der Waals surface area (Å²) in [7, 11) is 0. The number of carbonyl (C=O) groups is 1. The fourth-order valence-corrected chi connectivity index (χ4v) is 4.92. The van der Waals surface area contributed by atoms with Crippen LogP contribution in [-0.4, -0.2) is 30.0 Å². The Morgan fingerprint density at radius 2 is 1.84 bits per heavy atom. The number of halogens is 3. The second kappa shape index (κ2) is 8.04. The van der Waals surface area contributed by atoms with Crippen LogP contribution in [0.3, 0.4) is 0 Å². The number of benzene rings is 2. The van der Waals surface area contributed by atoms with Crippen molar-refractivity contribution in [3.8, 4) is 11.3 Å². The van der Waals surface area contributed by atoms with Gasteiger partial charge in [0.15, 0.2) is 0 Å². The van der Waals surface area contributed by atoms with Crippen molar-refractivity contribution >= 4 is 16.8 Å². The van der Waals surface area contributed by atoms with Gasteiger partial charge in [-0.1, -0.05) is 0 Å². The molecular weight excluding hydrogens is 403 g/mol. The normalized spacial score (nSPS) is 23.1. The fourth-order valence-electron chi connectivity index (χ4n) is 4.92. The first-order valence-corrected chi connectivity index (χ1v) is 10.8. The molecule has 1 aliphatic carbocycles. The molecule has 1 aromatic heterocycles. The van der Waals surface area contributed by atoms with Crippen LogP contribution in [0.5, 0.6) is 0 Å². The van der Waals surface area contributed by atoms with Crippen LogP contribution in [0.15, 0.2) is 36.4 Å². The monoisotopic (exact) mass is 427 g/mol. The minimum absolute atomic E-state index is 0.0455. The lowest BCUT2D eigenvalue weighted by Crippen LogP contribution is -2.43. The summed E-state index contributed by atoms with van der Waals surface area (Å²) in [6.45, 7) is 1.48. The largest absolute Gasteiger partial charge is 0.354 e. The summed E-state index contributed by atoms with van der Waals surface area (Å²) in [6, 6.07) is 8.13. The average Bonchev–Trinajstić information content (AvgIpc) is 3.36. The first-order chi connectivity index (χ1) is 15.0. The number of hydrogen-bond donors (Lipinski definition) is 3. The van der Waals surface area contributed by atoms with Gasteiger partial charge < -0.3 is 15.6 Å². The van der Waals surface area contributed by atoms with Crippen molar-refractivity contribution in [2.24, 2.45) is 5.92 Å². The second-order valence-electron chi connectivity index (χ2n) is 8.66. The number of hydrogen-bond acceptors (Lipinski definition) is 2. The molecule has 5 rings (SSSR count). The topological polar surface area (TPSA) is 56.9 Å². The van der Waals surface area contributed by atoms with Crippen LogP contribution in [-0.2, 0) is 4.79 Å². The zero-order valence-corrected chi connectivity index (χ0v) is 17.0. The Labute approximate surface area is 178 Å². The van der Waals surface area contributed by atoms with E-state index >= 15 is 0 Å². The van der Waals surface area contributed by atoms with Gasteiger partial charge in [-0.25, -0.2) is 13.2 Å². The van der Waals surface area contributed by atoms with E-state index in [-0.39, 0.29) is 29.2 Å². The van der Waals surface area contributed by atoms with Gasteiger partial charge in [-0.2, -0.15) is 0 Å². The lowest BCUT2D eigenvalue weighted by molar-refractivity contribution is -0.123. The minimum Gasteiger partial charge on any atom is -0.354 e. The van der Waals surface area contributed by atoms with Gasteiger partial charge in [0.1, 0.15) is 17.5 Å². The van der Waals surface area contributed by atoms with Crippen molar-refractivity contribution in [2.75, 3.05) is 13.1 Å². The van der Waals surface area contributed by atoms with Crippen LogP contribution in [0.4, 0.5) is 13.2 Å². The Kier molecular flexibility index (Phi) is 5.22. The average molecular weight is 427 g/mol. The Morgan fingerprint density at radius 1 is 1.06 bits per heavy atom. The number of carbonyl (C=O) groups excluding carboxylic acids is 1. The van der Waals surface area contributed by atoms with Crippen LogP contribution in [0.2, 0.25) is 0 Å². The van der Waals surface area contributed by atoms with Crippen LogP contribution < -0.4 is 10.6 Å². The lowest BCUT2D eigenvalue weighted by Gasteiger charge is -2.36. The third kappa shape index (κ3) is 3.82. The van der Waals surface area contributed by atoms with E-state index in [2.05, 4.69) is 15.6 Å². The van der Waals surface area contributed by atoms with E-state index < -0.39 is 11.6 Å². The van der Waals surface area contributed by atoms with Crippen molar-refractivity contribution in [3.05, 3.63) is 59.4 Å². The molecule has 1 saturated carbocycles. The molecule has 2 aliphatic rings. The summed E-state index contributed by atoms with van der Waals surface area (Å²) in [5.74, 6) is -1.14. The van der Waals surface area contributed by atoms with Gasteiger partial charge in [0.05, 0.1) is 17.3 Å². The Morgan fingerprint density at radius 3 is 2.55 bits per heavy atom. The summed E-state index contributed by atoms with van der Waals surface area (Å²) in [4.78, 5) is 15.3. The molecule has 0 spiro atoms. The Balaban J connectivity index is 1.38. The standard InChI is InChI=1S/C24H24F3N3O/c25-16-5-3-14(4-6-16)22-21(18-10-17(26)11-19(27)23(18)30-22)15-8-13(9-15)12-29-24(31)20-2-1-7-28-20/h3-6,10-11,13,15,20,28,30H,1-2,7-9,12H2,(H,29,31)/t13?,15?,20-/m0/s1. The third-order valence-electron chi connectivity index (χ3n) is 6.58. The highest BCUT2D eigenvalue weighted by atomic mass is 19.1. The number of amides is 1. The van der Waals surface area contributed by atoms with E-state index in [1.807, 2.05) is 0 Å². The molecule has 1 atom stereocenters. The molecule has 4 nitrogen and oxygen atoms in total. The van der Waals surface area contributed by atoms with E-state index in [1.54, 1.807) is 12.1 Å². The van der Waals surface area contributed by atoms with E-state index in [1.165, 1.54) is 18.2 Å². The number of rotatable bonds is 5. The maximum absolute atomic E-state index is 14.5. The molecule has 3 aromatic rings. The summed E-state index contributed by atoms with van der Waals surface area (Å²) >= 11 is 0. The van der Waals surface area contributed by atoms with Crippen molar-refractivity contribution in [1.82, 2.24) is 15.6 Å². The highest BCUT2D eigenvalue weighted by Gasteiger charge is 2.35. The molecule has 0 radical (unpaired) electrons. The van der Waals surface area contributed by atoms with Crippen LogP contribution in [0, 0.1) is 23.4 Å². The van der Waals surface area contributed by atoms with Gasteiger partial charge in [-0.15, -0.1) is 0 Å². The molecule has 2 fully saturated rings. The van der Waals surface area contributed by atoms with Gasteiger partial charge in [0, 0.05) is 18.0 Å². The van der Waals surface area contributed by atoms with Crippen molar-refractivity contribution in [1.29, 1.82) is 0 Å². The molecule has 7 heteroatoms. The van der Waals surface area contributed by atoms with Crippen LogP contribution in [0.1, 0.15) is 37.2 Å². The van der Waals surface area contributed by atoms with Crippen molar-refractivity contribution < 1.29 is 18.0 Å².